The molecular formula is C27H20. The summed E-state index contributed by atoms with van der Waals surface area (Å²) in [7, 11) is 0. The highest BCUT2D eigenvalue weighted by molar-refractivity contribution is 5.99. The fourth-order valence-corrected chi connectivity index (χ4v) is 5.15. The number of terminal acetylenes is 1. The Bertz CT molecular complexity index is 1200. The number of aryl methyl sites for hydroxylation is 1. The van der Waals surface area contributed by atoms with E-state index >= 15 is 0 Å². The predicted molar refractivity (Wildman–Crippen MR) is 114 cm³/mol. The lowest BCUT2D eigenvalue weighted by atomic mass is 9.68. The summed E-state index contributed by atoms with van der Waals surface area (Å²) in [6.45, 7) is 4.26. The summed E-state index contributed by atoms with van der Waals surface area (Å²) in [5, 5.41) is 0. The van der Waals surface area contributed by atoms with Gasteiger partial charge in [-0.25, -0.2) is 0 Å². The predicted octanol–water partition coefficient (Wildman–Crippen LogP) is 6.29. The van der Waals surface area contributed by atoms with Crippen LogP contribution in [0, 0.1) is 19.3 Å². The molecule has 1 unspecified atom stereocenters. The Morgan fingerprint density at radius 3 is 2.15 bits per heavy atom. The lowest BCUT2D eigenvalue weighted by Crippen LogP contribution is -2.27. The van der Waals surface area contributed by atoms with Crippen LogP contribution in [0.4, 0.5) is 0 Å². The summed E-state index contributed by atoms with van der Waals surface area (Å²) in [4.78, 5) is 0. The van der Waals surface area contributed by atoms with Gasteiger partial charge in [0.15, 0.2) is 0 Å². The molecule has 0 heteroatoms. The van der Waals surface area contributed by atoms with Gasteiger partial charge in [-0.3, -0.25) is 0 Å². The highest BCUT2D eigenvalue weighted by atomic mass is 14.5. The highest BCUT2D eigenvalue weighted by Crippen LogP contribution is 2.62. The van der Waals surface area contributed by atoms with E-state index in [1.165, 1.54) is 44.5 Å². The summed E-state index contributed by atoms with van der Waals surface area (Å²) < 4.78 is 0. The second-order valence-corrected chi connectivity index (χ2v) is 7.27. The van der Waals surface area contributed by atoms with Crippen LogP contribution in [0.1, 0.15) is 34.7 Å². The first-order valence-electron chi connectivity index (χ1n) is 9.39. The number of hydrogen-bond donors (Lipinski definition) is 0. The summed E-state index contributed by atoms with van der Waals surface area (Å²) in [5.74, 6) is 3.12. The third-order valence-electron chi connectivity index (χ3n) is 6.01. The van der Waals surface area contributed by atoms with Crippen molar-refractivity contribution in [2.45, 2.75) is 19.3 Å². The Kier molecular flexibility index (Phi) is 3.30. The van der Waals surface area contributed by atoms with Crippen LogP contribution in [0.2, 0.25) is 0 Å². The first-order chi connectivity index (χ1) is 13.2. The standard InChI is InChI=1S/C27H20/c1-4-11-19-20-13-6-8-16-24(20)27(23(19)5-2)25-17-9-7-14-21(25)22-15-10-12-18(3)26(22)27/h2,4,6-17H,1,3H3/b11-4-. The number of allylic oxidation sites excluding steroid dienone is 4. The smallest absolute Gasteiger partial charge is 0.0807 e. The maximum atomic E-state index is 6.21. The summed E-state index contributed by atoms with van der Waals surface area (Å²) in [6.07, 6.45) is 10.5. The summed E-state index contributed by atoms with van der Waals surface area (Å²) in [6, 6.07) is 24.0. The van der Waals surface area contributed by atoms with E-state index in [4.69, 9.17) is 6.42 Å². The second kappa shape index (κ2) is 5.60. The number of hydrogen-bond acceptors (Lipinski definition) is 0. The molecule has 0 fully saturated rings. The van der Waals surface area contributed by atoms with Gasteiger partial charge in [-0.15, -0.1) is 6.42 Å². The van der Waals surface area contributed by atoms with Crippen LogP contribution in [-0.2, 0) is 5.41 Å². The topological polar surface area (TPSA) is 0 Å². The molecule has 3 aromatic rings. The second-order valence-electron chi connectivity index (χ2n) is 7.27. The molecule has 2 aliphatic rings. The molecule has 128 valence electrons. The molecule has 0 heterocycles. The summed E-state index contributed by atoms with van der Waals surface area (Å²) >= 11 is 0. The van der Waals surface area contributed by atoms with Crippen LogP contribution < -0.4 is 0 Å². The van der Waals surface area contributed by atoms with E-state index in [0.717, 1.165) is 5.57 Å². The van der Waals surface area contributed by atoms with Gasteiger partial charge in [-0.05, 0) is 58.4 Å². The van der Waals surface area contributed by atoms with E-state index in [1.54, 1.807) is 0 Å². The van der Waals surface area contributed by atoms with Gasteiger partial charge in [0, 0.05) is 5.57 Å². The van der Waals surface area contributed by atoms with E-state index in [2.05, 4.69) is 98.6 Å². The van der Waals surface area contributed by atoms with Crippen molar-refractivity contribution >= 4 is 5.57 Å². The molecule has 0 saturated carbocycles. The Hall–Kier alpha value is -3.30. The van der Waals surface area contributed by atoms with Gasteiger partial charge in [0.2, 0.25) is 0 Å². The molecule has 0 aromatic heterocycles. The van der Waals surface area contributed by atoms with Crippen molar-refractivity contribution in [2.75, 3.05) is 0 Å². The molecule has 2 aliphatic carbocycles. The van der Waals surface area contributed by atoms with E-state index in [0.29, 0.717) is 0 Å². The molecule has 1 spiro atoms. The lowest BCUT2D eigenvalue weighted by molar-refractivity contribution is 0.785. The van der Waals surface area contributed by atoms with Crippen LogP contribution >= 0.6 is 0 Å². The highest BCUT2D eigenvalue weighted by Gasteiger charge is 2.52. The van der Waals surface area contributed by atoms with Crippen LogP contribution in [0.15, 0.2) is 84.5 Å². The lowest BCUT2D eigenvalue weighted by Gasteiger charge is -2.31. The Balaban J connectivity index is 2.06. The molecule has 27 heavy (non-hydrogen) atoms. The number of rotatable bonds is 1. The molecule has 0 radical (unpaired) electrons. The molecule has 0 saturated heterocycles. The van der Waals surface area contributed by atoms with E-state index in [9.17, 15) is 0 Å². The third-order valence-corrected chi connectivity index (χ3v) is 6.01. The zero-order chi connectivity index (χ0) is 18.6. The third kappa shape index (κ3) is 1.79. The van der Waals surface area contributed by atoms with Crippen LogP contribution in [0.25, 0.3) is 16.7 Å². The maximum Gasteiger partial charge on any atom is 0.0807 e. The van der Waals surface area contributed by atoms with Gasteiger partial charge < -0.3 is 0 Å². The van der Waals surface area contributed by atoms with Crippen molar-refractivity contribution < 1.29 is 0 Å². The van der Waals surface area contributed by atoms with Gasteiger partial charge >= 0.3 is 0 Å². The van der Waals surface area contributed by atoms with Gasteiger partial charge in [0.25, 0.3) is 0 Å². The molecule has 0 N–H and O–H groups in total. The van der Waals surface area contributed by atoms with Gasteiger partial charge in [-0.2, -0.15) is 0 Å². The Morgan fingerprint density at radius 2 is 1.44 bits per heavy atom. The molecule has 0 amide bonds. The molecule has 1 atom stereocenters. The Labute approximate surface area is 160 Å². The zero-order valence-electron chi connectivity index (χ0n) is 15.6. The molecule has 3 aromatic carbocycles. The maximum absolute atomic E-state index is 6.21. The molecule has 5 rings (SSSR count). The van der Waals surface area contributed by atoms with Gasteiger partial charge in [0.05, 0.1) is 5.41 Å². The average molecular weight is 344 g/mol. The fourth-order valence-electron chi connectivity index (χ4n) is 5.15. The van der Waals surface area contributed by atoms with Crippen molar-refractivity contribution in [2.24, 2.45) is 0 Å². The minimum Gasteiger partial charge on any atom is -0.115 e. The normalized spacial score (nSPS) is 19.3. The van der Waals surface area contributed by atoms with Gasteiger partial charge in [-0.1, -0.05) is 84.8 Å². The van der Waals surface area contributed by atoms with Crippen molar-refractivity contribution in [1.82, 2.24) is 0 Å². The average Bonchev–Trinajstić information content (AvgIpc) is 3.15. The SMILES string of the molecule is C#CC1=C(/C=C\C)c2ccccc2C12c1ccccc1-c1cccc(C)c12. The van der Waals surface area contributed by atoms with Crippen LogP contribution in [-0.4, -0.2) is 0 Å². The van der Waals surface area contributed by atoms with E-state index in [1.807, 2.05) is 0 Å². The Morgan fingerprint density at radius 1 is 0.815 bits per heavy atom. The largest absolute Gasteiger partial charge is 0.115 e. The first-order valence-corrected chi connectivity index (χ1v) is 9.39. The number of benzene rings is 3. The zero-order valence-corrected chi connectivity index (χ0v) is 15.6. The monoisotopic (exact) mass is 344 g/mol. The van der Waals surface area contributed by atoms with Crippen molar-refractivity contribution in [1.29, 1.82) is 0 Å². The summed E-state index contributed by atoms with van der Waals surface area (Å²) in [5.41, 5.74) is 10.9. The first kappa shape index (κ1) is 15.9. The minimum atomic E-state index is -0.391. The fraction of sp³-hybridized carbons (Fsp3) is 0.111. The van der Waals surface area contributed by atoms with Crippen molar-refractivity contribution in [3.63, 3.8) is 0 Å². The molecular weight excluding hydrogens is 324 g/mol. The quantitative estimate of drug-likeness (QED) is 0.455. The minimum absolute atomic E-state index is 0.391. The van der Waals surface area contributed by atoms with Crippen LogP contribution in [0.3, 0.4) is 0 Å². The molecule has 0 bridgehead atoms. The molecule has 0 aliphatic heterocycles. The van der Waals surface area contributed by atoms with E-state index < -0.39 is 5.41 Å². The van der Waals surface area contributed by atoms with Crippen LogP contribution in [0.5, 0.6) is 0 Å². The van der Waals surface area contributed by atoms with E-state index in [-0.39, 0.29) is 0 Å². The molecule has 0 nitrogen and oxygen atoms in total. The van der Waals surface area contributed by atoms with Gasteiger partial charge in [0.1, 0.15) is 0 Å². The van der Waals surface area contributed by atoms with Crippen molar-refractivity contribution in [3.05, 3.63) is 112 Å². The van der Waals surface area contributed by atoms with Crippen molar-refractivity contribution in [3.8, 4) is 23.5 Å². The number of fused-ring (bicyclic) bond motifs is 7.